The average Bonchev–Trinajstić information content (AvgIpc) is 2.04. The van der Waals surface area contributed by atoms with Gasteiger partial charge < -0.3 is 0 Å². The van der Waals surface area contributed by atoms with Crippen molar-refractivity contribution in [2.75, 3.05) is 0 Å². The Labute approximate surface area is 83.0 Å². The molecule has 0 heterocycles. The van der Waals surface area contributed by atoms with Crippen molar-refractivity contribution in [2.24, 2.45) is 0 Å². The van der Waals surface area contributed by atoms with E-state index in [4.69, 9.17) is 0 Å². The quantitative estimate of drug-likeness (QED) is 0.598. The van der Waals surface area contributed by atoms with Gasteiger partial charge in [-0.2, -0.15) is 0 Å². The molecular weight excluding hydrogens is 172 g/mol. The van der Waals surface area contributed by atoms with Crippen LogP contribution in [0, 0.1) is 6.07 Å². The van der Waals surface area contributed by atoms with E-state index in [1.165, 1.54) is 5.19 Å². The Morgan fingerprint density at radius 3 is 1.92 bits per heavy atom. The lowest BCUT2D eigenvalue weighted by atomic mass is 10.2. The number of benzene rings is 1. The second-order valence-corrected chi connectivity index (χ2v) is 10.5. The molecule has 0 fully saturated rings. The number of hydrogen-bond acceptors (Lipinski definition) is 0. The van der Waals surface area contributed by atoms with Crippen molar-refractivity contribution in [1.82, 2.24) is 0 Å². The van der Waals surface area contributed by atoms with E-state index in [1.54, 1.807) is 0 Å². The molecule has 0 aliphatic rings. The first-order valence-electron chi connectivity index (χ1n) is 4.82. The van der Waals surface area contributed by atoms with Crippen LogP contribution in [0.15, 0.2) is 24.3 Å². The molecule has 0 saturated carbocycles. The summed E-state index contributed by atoms with van der Waals surface area (Å²) in [7, 11) is -1.30. The summed E-state index contributed by atoms with van der Waals surface area (Å²) in [6.45, 7) is 11.9. The first-order chi connectivity index (χ1) is 5.86. The molecule has 0 saturated heterocycles. The summed E-state index contributed by atoms with van der Waals surface area (Å²) in [6, 6.07) is 11.6. The molecule has 0 nitrogen and oxygen atoms in total. The van der Waals surface area contributed by atoms with Crippen LogP contribution in [0.3, 0.4) is 0 Å². The molecule has 1 aromatic carbocycles. The molecule has 0 amide bonds. The van der Waals surface area contributed by atoms with Crippen molar-refractivity contribution < 1.29 is 0 Å². The Balaban J connectivity index is 3.08. The fourth-order valence-corrected chi connectivity index (χ4v) is 3.10. The summed E-state index contributed by atoms with van der Waals surface area (Å²) in [6.07, 6.45) is 0. The van der Waals surface area contributed by atoms with E-state index in [-0.39, 0.29) is 0 Å². The lowest BCUT2D eigenvalue weighted by Crippen LogP contribution is -2.49. The molecule has 0 aliphatic carbocycles. The number of hydrogen-bond donors (Lipinski definition) is 0. The predicted molar refractivity (Wildman–Crippen MR) is 62.1 cm³/mol. The Kier molecular flexibility index (Phi) is 2.67. The van der Waals surface area contributed by atoms with Crippen LogP contribution in [-0.2, 0) is 0 Å². The second kappa shape index (κ2) is 3.30. The Morgan fingerprint density at radius 2 is 1.54 bits per heavy atom. The smallest absolute Gasteiger partial charge is 0.0651 e. The van der Waals surface area contributed by atoms with Crippen LogP contribution in [-0.4, -0.2) is 8.07 Å². The minimum atomic E-state index is -1.30. The third-order valence-electron chi connectivity index (χ3n) is 3.31. The van der Waals surface area contributed by atoms with Crippen molar-refractivity contribution in [2.45, 2.75) is 38.9 Å². The van der Waals surface area contributed by atoms with Gasteiger partial charge in [-0.1, -0.05) is 63.3 Å². The lowest BCUT2D eigenvalue weighted by Gasteiger charge is -2.37. The van der Waals surface area contributed by atoms with Crippen molar-refractivity contribution >= 4 is 13.3 Å². The summed E-state index contributed by atoms with van der Waals surface area (Å²) in [5, 5.41) is 1.95. The summed E-state index contributed by atoms with van der Waals surface area (Å²) >= 11 is 0. The highest BCUT2D eigenvalue weighted by Gasteiger charge is 2.36. The van der Waals surface area contributed by atoms with Crippen LogP contribution >= 0.6 is 0 Å². The molecule has 0 N–H and O–H groups in total. The minimum Gasteiger partial charge on any atom is -0.0651 e. The zero-order valence-electron chi connectivity index (χ0n) is 9.31. The normalized spacial score (nSPS) is 13.0. The fraction of sp³-hybridized carbons (Fsp3) is 0.500. The minimum absolute atomic E-state index is 0.425. The van der Waals surface area contributed by atoms with E-state index in [2.05, 4.69) is 52.1 Å². The highest BCUT2D eigenvalue weighted by Crippen LogP contribution is 2.35. The van der Waals surface area contributed by atoms with Crippen molar-refractivity contribution in [3.05, 3.63) is 30.3 Å². The van der Waals surface area contributed by atoms with Crippen molar-refractivity contribution in [1.29, 1.82) is 0 Å². The molecule has 1 aromatic rings. The predicted octanol–water partition coefficient (Wildman–Crippen LogP) is 3.20. The molecule has 1 rings (SSSR count). The van der Waals surface area contributed by atoms with Gasteiger partial charge in [0.15, 0.2) is 0 Å². The van der Waals surface area contributed by atoms with E-state index >= 15 is 0 Å². The first kappa shape index (κ1) is 10.5. The van der Waals surface area contributed by atoms with Gasteiger partial charge in [0, 0.05) is 0 Å². The van der Waals surface area contributed by atoms with Gasteiger partial charge in [0.2, 0.25) is 0 Å². The maximum absolute atomic E-state index is 3.08. The van der Waals surface area contributed by atoms with E-state index in [1.807, 2.05) is 12.1 Å². The topological polar surface area (TPSA) is 0 Å². The van der Waals surface area contributed by atoms with Crippen LogP contribution in [0.2, 0.25) is 18.1 Å². The van der Waals surface area contributed by atoms with Gasteiger partial charge >= 0.3 is 0 Å². The van der Waals surface area contributed by atoms with Crippen molar-refractivity contribution in [3.63, 3.8) is 0 Å². The molecule has 1 radical (unpaired) electrons. The van der Waals surface area contributed by atoms with Gasteiger partial charge in [-0.05, 0) is 11.1 Å². The van der Waals surface area contributed by atoms with Crippen LogP contribution in [0.25, 0.3) is 0 Å². The van der Waals surface area contributed by atoms with Crippen LogP contribution in [0.4, 0.5) is 0 Å². The Morgan fingerprint density at radius 1 is 1.08 bits per heavy atom. The van der Waals surface area contributed by atoms with Gasteiger partial charge in [-0.3, -0.25) is 0 Å². The van der Waals surface area contributed by atoms with Crippen LogP contribution in [0.1, 0.15) is 20.8 Å². The molecule has 13 heavy (non-hydrogen) atoms. The van der Waals surface area contributed by atoms with E-state index in [0.29, 0.717) is 5.04 Å². The molecule has 0 unspecified atom stereocenters. The number of rotatable bonds is 1. The first-order valence-corrected chi connectivity index (χ1v) is 7.82. The van der Waals surface area contributed by atoms with Gasteiger partial charge in [0.05, 0.1) is 8.07 Å². The van der Waals surface area contributed by atoms with E-state index in [9.17, 15) is 0 Å². The Bertz CT molecular complexity index is 267. The van der Waals surface area contributed by atoms with Gasteiger partial charge in [0.1, 0.15) is 0 Å². The molecule has 0 atom stereocenters. The lowest BCUT2D eigenvalue weighted by molar-refractivity contribution is 0.729. The second-order valence-electron chi connectivity index (χ2n) is 5.16. The molecule has 0 spiro atoms. The van der Waals surface area contributed by atoms with Crippen LogP contribution in [0.5, 0.6) is 0 Å². The highest BCUT2D eigenvalue weighted by atomic mass is 28.3. The largest absolute Gasteiger partial charge is 0.0859 e. The standard InChI is InChI=1S/C12H19Si/c1-12(2,3)13(4,5)11-9-7-6-8-10-11/h7-10H,1-5H3. The zero-order chi connectivity index (χ0) is 10.1. The maximum atomic E-state index is 3.08. The summed E-state index contributed by atoms with van der Waals surface area (Å²) in [4.78, 5) is 0. The monoisotopic (exact) mass is 191 g/mol. The molecule has 1 heteroatoms. The third-order valence-corrected chi connectivity index (χ3v) is 8.84. The molecule has 71 valence electrons. The fourth-order valence-electron chi connectivity index (χ4n) is 1.24. The van der Waals surface area contributed by atoms with E-state index in [0.717, 1.165) is 0 Å². The molecule has 0 aliphatic heterocycles. The third kappa shape index (κ3) is 2.02. The SMILES string of the molecule is CC(C)(C)[Si](C)(C)c1cc[c]cc1. The van der Waals surface area contributed by atoms with E-state index < -0.39 is 8.07 Å². The van der Waals surface area contributed by atoms with Gasteiger partial charge in [-0.25, -0.2) is 0 Å². The summed E-state index contributed by atoms with van der Waals surface area (Å²) in [5.74, 6) is 0. The van der Waals surface area contributed by atoms with Gasteiger partial charge in [0.25, 0.3) is 0 Å². The van der Waals surface area contributed by atoms with Gasteiger partial charge in [-0.15, -0.1) is 0 Å². The maximum Gasteiger partial charge on any atom is 0.0859 e. The molecular formula is C12H19Si. The summed E-state index contributed by atoms with van der Waals surface area (Å²) in [5.41, 5.74) is 0. The highest BCUT2D eigenvalue weighted by molar-refractivity contribution is 6.92. The molecule has 0 aromatic heterocycles. The average molecular weight is 191 g/mol. The molecule has 0 bridgehead atoms. The Hall–Kier alpha value is -0.563. The zero-order valence-corrected chi connectivity index (χ0v) is 10.3. The van der Waals surface area contributed by atoms with Crippen molar-refractivity contribution in [3.8, 4) is 0 Å². The van der Waals surface area contributed by atoms with Crippen LogP contribution < -0.4 is 5.19 Å². The summed E-state index contributed by atoms with van der Waals surface area (Å²) < 4.78 is 0.